The summed E-state index contributed by atoms with van der Waals surface area (Å²) in [6.07, 6.45) is 2.12. The van der Waals surface area contributed by atoms with E-state index >= 15 is 0 Å². The minimum absolute atomic E-state index is 0.169. The Morgan fingerprint density at radius 2 is 1.82 bits per heavy atom. The van der Waals surface area contributed by atoms with Gasteiger partial charge in [-0.15, -0.1) is 0 Å². The SMILES string of the molecule is CCNC(=NCc1cc(C)c(O)c(C)c1)NCC(C)(C)SC. The lowest BCUT2D eigenvalue weighted by Gasteiger charge is -2.23. The molecule has 0 aliphatic carbocycles. The van der Waals surface area contributed by atoms with Crippen LogP contribution in [-0.2, 0) is 6.54 Å². The minimum Gasteiger partial charge on any atom is -0.507 e. The van der Waals surface area contributed by atoms with Gasteiger partial charge in [-0.2, -0.15) is 11.8 Å². The number of benzene rings is 1. The van der Waals surface area contributed by atoms with Crippen LogP contribution in [0.2, 0.25) is 0 Å². The maximum Gasteiger partial charge on any atom is 0.191 e. The van der Waals surface area contributed by atoms with Gasteiger partial charge < -0.3 is 15.7 Å². The molecule has 5 heteroatoms. The van der Waals surface area contributed by atoms with Crippen molar-refractivity contribution in [3.63, 3.8) is 0 Å². The molecule has 1 rings (SSSR count). The summed E-state index contributed by atoms with van der Waals surface area (Å²) >= 11 is 1.83. The van der Waals surface area contributed by atoms with Crippen molar-refractivity contribution in [2.75, 3.05) is 19.3 Å². The van der Waals surface area contributed by atoms with Gasteiger partial charge in [-0.1, -0.05) is 12.1 Å². The second kappa shape index (κ2) is 8.32. The van der Waals surface area contributed by atoms with E-state index in [-0.39, 0.29) is 4.75 Å². The van der Waals surface area contributed by atoms with E-state index in [1.807, 2.05) is 37.7 Å². The summed E-state index contributed by atoms with van der Waals surface area (Å²) in [6, 6.07) is 3.97. The van der Waals surface area contributed by atoms with Crippen molar-refractivity contribution < 1.29 is 5.11 Å². The number of phenols is 1. The normalized spacial score (nSPS) is 12.4. The number of thioether (sulfide) groups is 1. The van der Waals surface area contributed by atoms with E-state index in [0.717, 1.165) is 35.7 Å². The second-order valence-electron chi connectivity index (χ2n) is 6.09. The molecule has 0 saturated heterocycles. The summed E-state index contributed by atoms with van der Waals surface area (Å²) in [4.78, 5) is 4.64. The predicted octanol–water partition coefficient (Wildman–Crippen LogP) is 3.21. The van der Waals surface area contributed by atoms with Gasteiger partial charge >= 0.3 is 0 Å². The molecular weight excluding hydrogens is 294 g/mol. The number of aromatic hydroxyl groups is 1. The third kappa shape index (κ3) is 5.79. The number of phenolic OH excluding ortho intramolecular Hbond substituents is 1. The fourth-order valence-corrected chi connectivity index (χ4v) is 2.23. The van der Waals surface area contributed by atoms with Crippen molar-refractivity contribution in [1.82, 2.24) is 10.6 Å². The molecule has 0 unspecified atom stereocenters. The molecular formula is C17H29N3OS. The summed E-state index contributed by atoms with van der Waals surface area (Å²) in [6.45, 7) is 12.6. The molecule has 22 heavy (non-hydrogen) atoms. The maximum atomic E-state index is 9.83. The van der Waals surface area contributed by atoms with Crippen LogP contribution in [0, 0.1) is 13.8 Å². The van der Waals surface area contributed by atoms with Crippen molar-refractivity contribution >= 4 is 17.7 Å². The number of guanidine groups is 1. The monoisotopic (exact) mass is 323 g/mol. The van der Waals surface area contributed by atoms with Gasteiger partial charge in [-0.05, 0) is 57.6 Å². The summed E-state index contributed by atoms with van der Waals surface area (Å²) < 4.78 is 0.169. The van der Waals surface area contributed by atoms with Gasteiger partial charge in [0, 0.05) is 17.8 Å². The number of aliphatic imine (C=N–C) groups is 1. The number of nitrogens with one attached hydrogen (secondary N) is 2. The number of aryl methyl sites for hydroxylation is 2. The first-order valence-electron chi connectivity index (χ1n) is 7.65. The summed E-state index contributed by atoms with van der Waals surface area (Å²) in [5.74, 6) is 1.20. The van der Waals surface area contributed by atoms with Gasteiger partial charge in [-0.3, -0.25) is 0 Å². The Balaban J connectivity index is 2.77. The standard InChI is InChI=1S/C17H29N3OS/c1-7-18-16(20-11-17(4,5)22-6)19-10-14-8-12(2)15(21)13(3)9-14/h8-9,21H,7,10-11H2,1-6H3,(H2,18,19,20). The highest BCUT2D eigenvalue weighted by Gasteiger charge is 2.16. The van der Waals surface area contributed by atoms with Gasteiger partial charge in [0.2, 0.25) is 0 Å². The van der Waals surface area contributed by atoms with Crippen LogP contribution in [0.15, 0.2) is 17.1 Å². The lowest BCUT2D eigenvalue weighted by atomic mass is 10.1. The van der Waals surface area contributed by atoms with Gasteiger partial charge in [0.05, 0.1) is 6.54 Å². The third-order valence-electron chi connectivity index (χ3n) is 3.55. The molecule has 0 spiro atoms. The first-order chi connectivity index (χ1) is 10.3. The molecule has 0 aliphatic rings. The number of hydrogen-bond donors (Lipinski definition) is 3. The van der Waals surface area contributed by atoms with E-state index in [1.165, 1.54) is 0 Å². The number of nitrogens with zero attached hydrogens (tertiary/aromatic N) is 1. The highest BCUT2D eigenvalue weighted by atomic mass is 32.2. The van der Waals surface area contributed by atoms with Crippen LogP contribution in [-0.4, -0.2) is 35.2 Å². The summed E-state index contributed by atoms with van der Waals surface area (Å²) in [5, 5.41) is 16.5. The average Bonchev–Trinajstić information content (AvgIpc) is 2.47. The first-order valence-corrected chi connectivity index (χ1v) is 8.88. The highest BCUT2D eigenvalue weighted by Crippen LogP contribution is 2.23. The zero-order chi connectivity index (χ0) is 16.8. The van der Waals surface area contributed by atoms with E-state index in [4.69, 9.17) is 0 Å². The van der Waals surface area contributed by atoms with Crippen molar-refractivity contribution in [2.45, 2.75) is 45.9 Å². The fourth-order valence-electron chi connectivity index (χ4n) is 2.02. The zero-order valence-electron chi connectivity index (χ0n) is 14.6. The van der Waals surface area contributed by atoms with Crippen LogP contribution in [0.1, 0.15) is 37.5 Å². The van der Waals surface area contributed by atoms with Crippen molar-refractivity contribution in [3.05, 3.63) is 28.8 Å². The van der Waals surface area contributed by atoms with Crippen LogP contribution in [0.3, 0.4) is 0 Å². The van der Waals surface area contributed by atoms with Crippen LogP contribution in [0.25, 0.3) is 0 Å². The Labute approximate surface area is 138 Å². The molecule has 124 valence electrons. The molecule has 0 heterocycles. The summed E-state index contributed by atoms with van der Waals surface area (Å²) in [5.41, 5.74) is 2.90. The van der Waals surface area contributed by atoms with Crippen molar-refractivity contribution in [3.8, 4) is 5.75 Å². The number of rotatable bonds is 6. The van der Waals surface area contributed by atoms with E-state index in [0.29, 0.717) is 12.3 Å². The van der Waals surface area contributed by atoms with Crippen LogP contribution < -0.4 is 10.6 Å². The molecule has 3 N–H and O–H groups in total. The fraction of sp³-hybridized carbons (Fsp3) is 0.588. The lowest BCUT2D eigenvalue weighted by molar-refractivity contribution is 0.466. The molecule has 0 radical (unpaired) electrons. The Morgan fingerprint density at radius 3 is 2.32 bits per heavy atom. The third-order valence-corrected chi connectivity index (χ3v) is 4.80. The average molecular weight is 324 g/mol. The second-order valence-corrected chi connectivity index (χ2v) is 7.60. The Kier molecular flexibility index (Phi) is 7.07. The molecule has 0 atom stereocenters. The van der Waals surface area contributed by atoms with Crippen LogP contribution in [0.4, 0.5) is 0 Å². The van der Waals surface area contributed by atoms with Crippen molar-refractivity contribution in [1.29, 1.82) is 0 Å². The molecule has 0 aromatic heterocycles. The molecule has 0 fully saturated rings. The molecule has 4 nitrogen and oxygen atoms in total. The van der Waals surface area contributed by atoms with Gasteiger partial charge in [-0.25, -0.2) is 4.99 Å². The molecule has 0 saturated carbocycles. The summed E-state index contributed by atoms with van der Waals surface area (Å²) in [7, 11) is 0. The van der Waals surface area contributed by atoms with Crippen LogP contribution in [0.5, 0.6) is 5.75 Å². The van der Waals surface area contributed by atoms with Gasteiger partial charge in [0.15, 0.2) is 5.96 Å². The Morgan fingerprint density at radius 1 is 1.23 bits per heavy atom. The maximum absolute atomic E-state index is 9.83. The Hall–Kier alpha value is -1.36. The van der Waals surface area contributed by atoms with Gasteiger partial charge in [0.1, 0.15) is 5.75 Å². The first kappa shape index (κ1) is 18.7. The largest absolute Gasteiger partial charge is 0.507 e. The zero-order valence-corrected chi connectivity index (χ0v) is 15.4. The molecule has 0 aliphatic heterocycles. The molecule has 1 aromatic rings. The van der Waals surface area contributed by atoms with Crippen LogP contribution >= 0.6 is 11.8 Å². The molecule has 0 amide bonds. The van der Waals surface area contributed by atoms with E-state index < -0.39 is 0 Å². The topological polar surface area (TPSA) is 56.7 Å². The van der Waals surface area contributed by atoms with E-state index in [9.17, 15) is 5.11 Å². The van der Waals surface area contributed by atoms with Gasteiger partial charge in [0.25, 0.3) is 0 Å². The van der Waals surface area contributed by atoms with E-state index in [1.54, 1.807) is 0 Å². The lowest BCUT2D eigenvalue weighted by Crippen LogP contribution is -2.43. The molecule has 1 aromatic carbocycles. The highest BCUT2D eigenvalue weighted by molar-refractivity contribution is 7.99. The quantitative estimate of drug-likeness (QED) is 0.556. The number of hydrogen-bond acceptors (Lipinski definition) is 3. The smallest absolute Gasteiger partial charge is 0.191 e. The predicted molar refractivity (Wildman–Crippen MR) is 98.0 cm³/mol. The Bertz CT molecular complexity index is 504. The minimum atomic E-state index is 0.169. The van der Waals surface area contributed by atoms with E-state index in [2.05, 4.69) is 42.7 Å². The molecule has 0 bridgehead atoms. The van der Waals surface area contributed by atoms with Crippen molar-refractivity contribution in [2.24, 2.45) is 4.99 Å².